The number of fused-ring (bicyclic) bond motifs is 3. The van der Waals surface area contributed by atoms with Gasteiger partial charge in [0.05, 0.1) is 17.1 Å². The summed E-state index contributed by atoms with van der Waals surface area (Å²) in [5, 5.41) is 14.8. The van der Waals surface area contributed by atoms with Crippen molar-refractivity contribution in [3.8, 4) is 0 Å². The fraction of sp³-hybridized carbons (Fsp3) is 0.368. The highest BCUT2D eigenvalue weighted by Gasteiger charge is 2.18. The van der Waals surface area contributed by atoms with E-state index < -0.39 is 0 Å². The number of nitrogens with one attached hydrogen (secondary N) is 1. The highest BCUT2D eigenvalue weighted by atomic mass is 32.1. The summed E-state index contributed by atoms with van der Waals surface area (Å²) in [6.07, 6.45) is 0.654. The van der Waals surface area contributed by atoms with Gasteiger partial charge in [0.2, 0.25) is 5.91 Å². The molecule has 4 rings (SSSR count). The van der Waals surface area contributed by atoms with Gasteiger partial charge in [-0.3, -0.25) is 18.7 Å². The second kappa shape index (κ2) is 6.90. The van der Waals surface area contributed by atoms with Gasteiger partial charge in [-0.05, 0) is 38.3 Å². The van der Waals surface area contributed by atoms with Crippen LogP contribution in [0.3, 0.4) is 0 Å². The van der Waals surface area contributed by atoms with Gasteiger partial charge in [-0.15, -0.1) is 11.3 Å². The Morgan fingerprint density at radius 2 is 2.00 bits per heavy atom. The Balaban J connectivity index is 1.70. The van der Waals surface area contributed by atoms with Gasteiger partial charge in [-0.25, -0.2) is 4.68 Å². The summed E-state index contributed by atoms with van der Waals surface area (Å²) in [5.74, 6) is 0.460. The SMILES string of the molecule is CCc1nn(CC(=O)Nc2c(C)nn(CC)c2C)c(=O)c2cc3ccsc3n12. The summed E-state index contributed by atoms with van der Waals surface area (Å²) in [7, 11) is 0. The van der Waals surface area contributed by atoms with Crippen LogP contribution in [-0.2, 0) is 24.3 Å². The van der Waals surface area contributed by atoms with E-state index in [1.54, 1.807) is 11.3 Å². The van der Waals surface area contributed by atoms with Crippen LogP contribution in [0.15, 0.2) is 22.3 Å². The van der Waals surface area contributed by atoms with Crippen molar-refractivity contribution in [2.75, 3.05) is 5.32 Å². The minimum absolute atomic E-state index is 0.142. The first-order chi connectivity index (χ1) is 13.4. The molecule has 0 fully saturated rings. The van der Waals surface area contributed by atoms with Crippen molar-refractivity contribution in [2.45, 2.75) is 47.2 Å². The molecule has 28 heavy (non-hydrogen) atoms. The van der Waals surface area contributed by atoms with E-state index in [1.807, 2.05) is 54.3 Å². The topological polar surface area (TPSA) is 86.2 Å². The fourth-order valence-electron chi connectivity index (χ4n) is 3.54. The standard InChI is InChI=1S/C19H22N6O2S/c1-5-15-22-24(18(27)14-9-13-7-8-28-19(13)25(14)15)10-16(26)20-17-11(3)21-23(6-2)12(17)4/h7-9H,5-6,10H2,1-4H3,(H,20,26). The van der Waals surface area contributed by atoms with E-state index in [2.05, 4.69) is 15.5 Å². The van der Waals surface area contributed by atoms with Gasteiger partial charge in [-0.1, -0.05) is 6.92 Å². The molecule has 0 aliphatic carbocycles. The molecule has 0 aliphatic rings. The predicted molar refractivity (Wildman–Crippen MR) is 110 cm³/mol. The average molecular weight is 398 g/mol. The number of hydrogen-bond acceptors (Lipinski definition) is 5. The Kier molecular flexibility index (Phi) is 4.54. The molecule has 4 heterocycles. The lowest BCUT2D eigenvalue weighted by Crippen LogP contribution is -2.32. The number of rotatable bonds is 5. The van der Waals surface area contributed by atoms with E-state index in [-0.39, 0.29) is 18.0 Å². The molecule has 146 valence electrons. The average Bonchev–Trinajstić information content (AvgIpc) is 3.33. The number of aryl methyl sites for hydroxylation is 3. The summed E-state index contributed by atoms with van der Waals surface area (Å²) in [5.41, 5.74) is 2.62. The van der Waals surface area contributed by atoms with E-state index in [1.165, 1.54) is 4.68 Å². The van der Waals surface area contributed by atoms with Crippen molar-refractivity contribution < 1.29 is 4.79 Å². The zero-order valence-corrected chi connectivity index (χ0v) is 17.1. The normalized spacial score (nSPS) is 11.6. The predicted octanol–water partition coefficient (Wildman–Crippen LogP) is 2.75. The van der Waals surface area contributed by atoms with Crippen LogP contribution >= 0.6 is 11.3 Å². The largest absolute Gasteiger partial charge is 0.321 e. The van der Waals surface area contributed by atoms with Crippen molar-refractivity contribution in [3.63, 3.8) is 0 Å². The maximum atomic E-state index is 12.9. The molecule has 4 aromatic heterocycles. The van der Waals surface area contributed by atoms with Crippen LogP contribution in [0.25, 0.3) is 15.7 Å². The lowest BCUT2D eigenvalue weighted by atomic mass is 10.3. The smallest absolute Gasteiger partial charge is 0.291 e. The second-order valence-corrected chi connectivity index (χ2v) is 7.58. The Hall–Kier alpha value is -2.94. The van der Waals surface area contributed by atoms with Gasteiger partial charge in [0.15, 0.2) is 0 Å². The maximum absolute atomic E-state index is 12.9. The molecule has 0 bridgehead atoms. The minimum Gasteiger partial charge on any atom is -0.321 e. The van der Waals surface area contributed by atoms with Gasteiger partial charge < -0.3 is 5.32 Å². The van der Waals surface area contributed by atoms with Crippen LogP contribution in [0.2, 0.25) is 0 Å². The Morgan fingerprint density at radius 3 is 2.68 bits per heavy atom. The summed E-state index contributed by atoms with van der Waals surface area (Å²) >= 11 is 1.58. The van der Waals surface area contributed by atoms with Crippen LogP contribution in [0.5, 0.6) is 0 Å². The Bertz CT molecular complexity index is 1260. The summed E-state index contributed by atoms with van der Waals surface area (Å²) in [6, 6.07) is 3.85. The van der Waals surface area contributed by atoms with Gasteiger partial charge in [-0.2, -0.15) is 10.2 Å². The van der Waals surface area contributed by atoms with Gasteiger partial charge in [0.25, 0.3) is 5.56 Å². The van der Waals surface area contributed by atoms with Crippen molar-refractivity contribution in [2.24, 2.45) is 0 Å². The van der Waals surface area contributed by atoms with E-state index in [0.717, 1.165) is 34.0 Å². The lowest BCUT2D eigenvalue weighted by Gasteiger charge is -2.10. The number of carbonyl (C=O) groups excluding carboxylic acids is 1. The Morgan fingerprint density at radius 1 is 1.21 bits per heavy atom. The van der Waals surface area contributed by atoms with Crippen LogP contribution in [-0.4, -0.2) is 29.9 Å². The third kappa shape index (κ3) is 2.82. The first-order valence-electron chi connectivity index (χ1n) is 9.27. The molecule has 0 spiro atoms. The van der Waals surface area contributed by atoms with Crippen molar-refractivity contribution >= 4 is 38.7 Å². The lowest BCUT2D eigenvalue weighted by molar-refractivity contribution is -0.117. The third-order valence-corrected chi connectivity index (χ3v) is 5.83. The number of thiophene rings is 1. The zero-order chi connectivity index (χ0) is 20.0. The van der Waals surface area contributed by atoms with Crippen molar-refractivity contribution in [3.05, 3.63) is 45.1 Å². The molecule has 0 saturated heterocycles. The minimum atomic E-state index is -0.295. The molecule has 4 aromatic rings. The molecule has 0 unspecified atom stereocenters. The summed E-state index contributed by atoms with van der Waals surface area (Å²) in [4.78, 5) is 26.6. The maximum Gasteiger partial charge on any atom is 0.291 e. The molecule has 9 heteroatoms. The number of aromatic nitrogens is 5. The molecular formula is C19H22N6O2S. The van der Waals surface area contributed by atoms with E-state index in [0.29, 0.717) is 17.6 Å². The first-order valence-corrected chi connectivity index (χ1v) is 10.1. The fourth-order valence-corrected chi connectivity index (χ4v) is 4.45. The van der Waals surface area contributed by atoms with E-state index >= 15 is 0 Å². The number of anilines is 1. The summed E-state index contributed by atoms with van der Waals surface area (Å²) < 4.78 is 4.99. The molecule has 1 amide bonds. The van der Waals surface area contributed by atoms with Crippen LogP contribution < -0.4 is 10.9 Å². The number of amides is 1. The van der Waals surface area contributed by atoms with Gasteiger partial charge in [0.1, 0.15) is 22.7 Å². The molecule has 0 aliphatic heterocycles. The highest BCUT2D eigenvalue weighted by Crippen LogP contribution is 2.25. The monoisotopic (exact) mass is 398 g/mol. The highest BCUT2D eigenvalue weighted by molar-refractivity contribution is 7.16. The molecular weight excluding hydrogens is 376 g/mol. The number of hydrogen-bond donors (Lipinski definition) is 1. The summed E-state index contributed by atoms with van der Waals surface area (Å²) in [6.45, 7) is 8.34. The number of carbonyl (C=O) groups is 1. The molecule has 0 atom stereocenters. The quantitative estimate of drug-likeness (QED) is 0.560. The van der Waals surface area contributed by atoms with E-state index in [4.69, 9.17) is 0 Å². The molecule has 1 N–H and O–H groups in total. The van der Waals surface area contributed by atoms with Crippen LogP contribution in [0.4, 0.5) is 5.69 Å². The molecule has 8 nitrogen and oxygen atoms in total. The Labute approximate surface area is 165 Å². The number of nitrogens with zero attached hydrogens (tertiary/aromatic N) is 5. The van der Waals surface area contributed by atoms with Crippen LogP contribution in [0.1, 0.15) is 31.1 Å². The molecule has 0 radical (unpaired) electrons. The zero-order valence-electron chi connectivity index (χ0n) is 16.3. The van der Waals surface area contributed by atoms with Gasteiger partial charge >= 0.3 is 0 Å². The third-order valence-electron chi connectivity index (χ3n) is 4.91. The molecule has 0 saturated carbocycles. The van der Waals surface area contributed by atoms with Crippen molar-refractivity contribution in [1.82, 2.24) is 24.0 Å². The van der Waals surface area contributed by atoms with Gasteiger partial charge in [0, 0.05) is 18.4 Å². The van der Waals surface area contributed by atoms with Crippen molar-refractivity contribution in [1.29, 1.82) is 0 Å². The second-order valence-electron chi connectivity index (χ2n) is 6.69. The molecule has 0 aromatic carbocycles. The van der Waals surface area contributed by atoms with Crippen LogP contribution in [0, 0.1) is 13.8 Å². The first kappa shape index (κ1) is 18.4. The van der Waals surface area contributed by atoms with E-state index in [9.17, 15) is 9.59 Å².